The van der Waals surface area contributed by atoms with E-state index in [1.165, 1.54) is 48.9 Å². The molecule has 4 aromatic rings. The van der Waals surface area contributed by atoms with Crippen molar-refractivity contribution < 1.29 is 4.39 Å². The highest BCUT2D eigenvalue weighted by Gasteiger charge is 2.47. The van der Waals surface area contributed by atoms with Crippen molar-refractivity contribution in [2.45, 2.75) is 75.5 Å². The van der Waals surface area contributed by atoms with Gasteiger partial charge in [-0.05, 0) is 105 Å². The molecule has 0 amide bonds. The van der Waals surface area contributed by atoms with Crippen LogP contribution >= 0.6 is 12.2 Å². The van der Waals surface area contributed by atoms with Crippen LogP contribution in [0.5, 0.6) is 0 Å². The van der Waals surface area contributed by atoms with Crippen molar-refractivity contribution in [3.05, 3.63) is 102 Å². The molecule has 8 rings (SSSR count). The second kappa shape index (κ2) is 11.4. The van der Waals surface area contributed by atoms with Gasteiger partial charge in [0.05, 0.1) is 11.0 Å². The van der Waals surface area contributed by atoms with Gasteiger partial charge in [-0.25, -0.2) is 9.37 Å². The lowest BCUT2D eigenvalue weighted by atomic mass is 9.69. The number of fused-ring (bicyclic) bond motifs is 3. The number of thiocarbonyl (C=S) groups is 1. The fourth-order valence-electron chi connectivity index (χ4n) is 7.98. The van der Waals surface area contributed by atoms with E-state index in [0.29, 0.717) is 24.7 Å². The number of piperidine rings is 2. The Morgan fingerprint density at radius 2 is 1.57 bits per heavy atom. The first-order valence-corrected chi connectivity index (χ1v) is 15.9. The van der Waals surface area contributed by atoms with Gasteiger partial charge in [0.1, 0.15) is 11.6 Å². The topological polar surface area (TPSA) is 36.3 Å². The maximum Gasteiger partial charge on any atom is 0.169 e. The zero-order chi connectivity index (χ0) is 28.7. The van der Waals surface area contributed by atoms with Crippen molar-refractivity contribution in [2.24, 2.45) is 0 Å². The van der Waals surface area contributed by atoms with Gasteiger partial charge in [0, 0.05) is 37.8 Å². The van der Waals surface area contributed by atoms with Crippen LogP contribution in [0.4, 0.5) is 4.39 Å². The van der Waals surface area contributed by atoms with E-state index < -0.39 is 0 Å². The van der Waals surface area contributed by atoms with Crippen LogP contribution in [0.15, 0.2) is 78.9 Å². The van der Waals surface area contributed by atoms with Gasteiger partial charge in [-0.15, -0.1) is 0 Å². The Balaban J connectivity index is 0.989. The summed E-state index contributed by atoms with van der Waals surface area (Å²) in [7, 11) is 0. The normalized spacial score (nSPS) is 23.5. The minimum atomic E-state index is -0.210. The average molecular weight is 582 g/mol. The largest absolute Gasteiger partial charge is 0.358 e. The monoisotopic (exact) mass is 581 g/mol. The molecule has 1 aromatic heterocycles. The van der Waals surface area contributed by atoms with Crippen molar-refractivity contribution in [1.82, 2.24) is 24.7 Å². The van der Waals surface area contributed by atoms with E-state index in [0.717, 1.165) is 54.5 Å². The van der Waals surface area contributed by atoms with Gasteiger partial charge in [-0.2, -0.15) is 0 Å². The Hall–Kier alpha value is -3.29. The van der Waals surface area contributed by atoms with Gasteiger partial charge in [0.25, 0.3) is 0 Å². The molecule has 2 bridgehead atoms. The number of likely N-dealkylation sites (tertiary alicyclic amines) is 1. The van der Waals surface area contributed by atoms with Gasteiger partial charge in [-0.1, -0.05) is 54.6 Å². The number of hydrogen-bond acceptors (Lipinski definition) is 3. The highest BCUT2D eigenvalue weighted by atomic mass is 32.1. The number of para-hydroxylation sites is 2. The zero-order valence-corrected chi connectivity index (χ0v) is 25.2. The number of nitrogens with one attached hydrogen (secondary N) is 1. The summed E-state index contributed by atoms with van der Waals surface area (Å²) in [6, 6.07) is 28.3. The first kappa shape index (κ1) is 27.5. The van der Waals surface area contributed by atoms with Crippen LogP contribution in [0.25, 0.3) is 11.0 Å². The molecule has 0 spiro atoms. The Morgan fingerprint density at radius 1 is 0.905 bits per heavy atom. The molecule has 5 nitrogen and oxygen atoms in total. The Morgan fingerprint density at radius 3 is 2.31 bits per heavy atom. The molecule has 1 aliphatic carbocycles. The number of hydrogen-bond donors (Lipinski definition) is 1. The molecular weight excluding hydrogens is 541 g/mol. The molecule has 7 heteroatoms. The SMILES string of the molecule is Cc1nc2ccccc2n1C1CC2CC(C1)N2CCC1(c2ccccc2)CCN(C(=S)NCc2ccc(F)cc2)CC1. The van der Waals surface area contributed by atoms with E-state index in [1.807, 2.05) is 12.1 Å². The standard InChI is InChI=1S/C35H40FN5S/c1-25-38-32-9-5-6-10-33(32)41(25)31-22-29-21-30(23-31)40(29)20-17-35(27-7-3-2-4-8-27)15-18-39(19-16-35)34(42)37-24-26-11-13-28(36)14-12-26/h2-14,29-31H,15-24H2,1H3,(H,37,42). The average Bonchev–Trinajstić information content (AvgIpc) is 3.37. The summed E-state index contributed by atoms with van der Waals surface area (Å²) in [5.41, 5.74) is 5.08. The predicted octanol–water partition coefficient (Wildman–Crippen LogP) is 6.76. The second-order valence-corrected chi connectivity index (χ2v) is 13.0. The molecule has 1 N–H and O–H groups in total. The third-order valence-corrected chi connectivity index (χ3v) is 10.7. The first-order valence-electron chi connectivity index (χ1n) is 15.5. The molecule has 42 heavy (non-hydrogen) atoms. The van der Waals surface area contributed by atoms with E-state index >= 15 is 0 Å². The van der Waals surface area contributed by atoms with Crippen LogP contribution in [0.3, 0.4) is 0 Å². The number of benzene rings is 3. The van der Waals surface area contributed by atoms with Crippen molar-refractivity contribution in [3.63, 3.8) is 0 Å². The van der Waals surface area contributed by atoms with Gasteiger partial charge in [0.15, 0.2) is 5.11 Å². The molecule has 218 valence electrons. The predicted molar refractivity (Wildman–Crippen MR) is 171 cm³/mol. The third kappa shape index (κ3) is 5.22. The Bertz CT molecular complexity index is 1530. The molecule has 3 aliphatic heterocycles. The van der Waals surface area contributed by atoms with Gasteiger partial charge >= 0.3 is 0 Å². The quantitative estimate of drug-likeness (QED) is 0.244. The van der Waals surface area contributed by atoms with Crippen LogP contribution in [-0.2, 0) is 12.0 Å². The summed E-state index contributed by atoms with van der Waals surface area (Å²) in [4.78, 5) is 9.99. The number of halogens is 1. The smallest absolute Gasteiger partial charge is 0.169 e. The molecule has 3 saturated heterocycles. The third-order valence-electron chi connectivity index (χ3n) is 10.3. The van der Waals surface area contributed by atoms with Crippen molar-refractivity contribution in [3.8, 4) is 0 Å². The lowest BCUT2D eigenvalue weighted by molar-refractivity contribution is -0.0532. The first-order chi connectivity index (χ1) is 20.5. The van der Waals surface area contributed by atoms with Crippen LogP contribution in [0, 0.1) is 12.7 Å². The van der Waals surface area contributed by atoms with Crippen LogP contribution < -0.4 is 5.32 Å². The molecule has 4 aliphatic rings. The number of aryl methyl sites for hydroxylation is 1. The number of rotatable bonds is 7. The van der Waals surface area contributed by atoms with Gasteiger partial charge < -0.3 is 14.8 Å². The van der Waals surface area contributed by atoms with Gasteiger partial charge in [0.2, 0.25) is 0 Å². The second-order valence-electron chi connectivity index (χ2n) is 12.6. The molecule has 1 saturated carbocycles. The maximum absolute atomic E-state index is 13.3. The molecule has 4 heterocycles. The minimum Gasteiger partial charge on any atom is -0.358 e. The van der Waals surface area contributed by atoms with E-state index in [4.69, 9.17) is 17.2 Å². The summed E-state index contributed by atoms with van der Waals surface area (Å²) < 4.78 is 15.8. The molecule has 4 fully saturated rings. The Kier molecular flexibility index (Phi) is 7.49. The van der Waals surface area contributed by atoms with Gasteiger partial charge in [-0.3, -0.25) is 4.90 Å². The van der Waals surface area contributed by atoms with Crippen molar-refractivity contribution in [2.75, 3.05) is 19.6 Å². The molecule has 2 atom stereocenters. The van der Waals surface area contributed by atoms with E-state index in [9.17, 15) is 4.39 Å². The summed E-state index contributed by atoms with van der Waals surface area (Å²) >= 11 is 5.79. The number of aromatic nitrogens is 2. The summed E-state index contributed by atoms with van der Waals surface area (Å²) in [5, 5.41) is 4.20. The lowest BCUT2D eigenvalue weighted by Crippen LogP contribution is -2.61. The molecular formula is C35H40FN5S. The van der Waals surface area contributed by atoms with Crippen LogP contribution in [0.1, 0.15) is 61.5 Å². The van der Waals surface area contributed by atoms with Crippen LogP contribution in [-0.4, -0.2) is 56.2 Å². The van der Waals surface area contributed by atoms with E-state index in [1.54, 1.807) is 0 Å². The highest BCUT2D eigenvalue weighted by Crippen LogP contribution is 2.46. The van der Waals surface area contributed by atoms with Crippen molar-refractivity contribution in [1.29, 1.82) is 0 Å². The fraction of sp³-hybridized carbons (Fsp3) is 0.429. The molecule has 0 radical (unpaired) electrons. The van der Waals surface area contributed by atoms with Crippen molar-refractivity contribution >= 4 is 28.4 Å². The molecule has 2 unspecified atom stereocenters. The summed E-state index contributed by atoms with van der Waals surface area (Å²) in [6.07, 6.45) is 7.16. The van der Waals surface area contributed by atoms with E-state index in [2.05, 4.69) is 81.2 Å². The minimum absolute atomic E-state index is 0.171. The fourth-order valence-corrected chi connectivity index (χ4v) is 8.24. The maximum atomic E-state index is 13.3. The summed E-state index contributed by atoms with van der Waals surface area (Å²) in [6.45, 7) is 5.84. The van der Waals surface area contributed by atoms with Crippen LogP contribution in [0.2, 0.25) is 0 Å². The summed E-state index contributed by atoms with van der Waals surface area (Å²) in [5.74, 6) is 0.937. The Labute approximate surface area is 253 Å². The highest BCUT2D eigenvalue weighted by molar-refractivity contribution is 7.80. The lowest BCUT2D eigenvalue weighted by Gasteiger charge is -2.57. The van der Waals surface area contributed by atoms with E-state index in [-0.39, 0.29) is 11.2 Å². The number of nitrogens with zero attached hydrogens (tertiary/aromatic N) is 4. The zero-order valence-electron chi connectivity index (χ0n) is 24.4. The number of imidazole rings is 1. The molecule has 3 aromatic carbocycles.